The molecule has 0 aliphatic carbocycles. The molecule has 0 fully saturated rings. The molecular formula is C22H17F4N7O. The van der Waals surface area contributed by atoms with Gasteiger partial charge in [0.1, 0.15) is 11.6 Å². The number of nitrogens with two attached hydrogens (primary N) is 1. The van der Waals surface area contributed by atoms with Gasteiger partial charge in [-0.1, -0.05) is 18.2 Å². The van der Waals surface area contributed by atoms with Crippen molar-refractivity contribution in [1.82, 2.24) is 20.2 Å². The summed E-state index contributed by atoms with van der Waals surface area (Å²) in [5.41, 5.74) is 6.04. The standard InChI is InChI=1S/C22H17F4N7O/c23-16-8-12(5-6-15(16)22(24,25)26)20(34)33-10-13(7-11-3-1-2-4-17(11)33)29-18-14-9-28-32-19(14)31-21(27)30-18/h1-6,8-9,13H,7,10H2,(H4,27,28,29,30,31,32). The van der Waals surface area contributed by atoms with Crippen LogP contribution in [0.4, 0.5) is 35.0 Å². The summed E-state index contributed by atoms with van der Waals surface area (Å²) in [7, 11) is 0. The number of halogens is 4. The second kappa shape index (κ2) is 7.97. The van der Waals surface area contributed by atoms with Crippen LogP contribution < -0.4 is 16.0 Å². The Labute approximate surface area is 189 Å². The third kappa shape index (κ3) is 3.87. The number of benzene rings is 2. The third-order valence-corrected chi connectivity index (χ3v) is 5.59. The maximum atomic E-state index is 14.2. The van der Waals surface area contributed by atoms with Gasteiger partial charge in [0.2, 0.25) is 5.95 Å². The van der Waals surface area contributed by atoms with Gasteiger partial charge in [0, 0.05) is 23.8 Å². The van der Waals surface area contributed by atoms with Gasteiger partial charge in [-0.05, 0) is 36.2 Å². The Morgan fingerprint density at radius 1 is 1.18 bits per heavy atom. The molecule has 34 heavy (non-hydrogen) atoms. The minimum absolute atomic E-state index is 0.0311. The number of H-pyrrole nitrogens is 1. The molecule has 3 heterocycles. The van der Waals surface area contributed by atoms with Crippen LogP contribution >= 0.6 is 0 Å². The molecule has 1 unspecified atom stereocenters. The number of aromatic nitrogens is 4. The Balaban J connectivity index is 1.48. The molecule has 4 N–H and O–H groups in total. The molecule has 174 valence electrons. The second-order valence-electron chi connectivity index (χ2n) is 7.84. The van der Waals surface area contributed by atoms with Crippen molar-refractivity contribution < 1.29 is 22.4 Å². The highest BCUT2D eigenvalue weighted by molar-refractivity contribution is 6.07. The lowest BCUT2D eigenvalue weighted by atomic mass is 9.96. The summed E-state index contributed by atoms with van der Waals surface area (Å²) in [6, 6.07) is 9.00. The van der Waals surface area contributed by atoms with Crippen molar-refractivity contribution in [2.45, 2.75) is 18.6 Å². The summed E-state index contributed by atoms with van der Waals surface area (Å²) in [5.74, 6) is -1.67. The molecule has 5 rings (SSSR count). The van der Waals surface area contributed by atoms with Gasteiger partial charge in [-0.25, -0.2) is 4.39 Å². The van der Waals surface area contributed by atoms with E-state index < -0.39 is 23.5 Å². The van der Waals surface area contributed by atoms with Crippen molar-refractivity contribution in [2.24, 2.45) is 0 Å². The number of fused-ring (bicyclic) bond motifs is 2. The highest BCUT2D eigenvalue weighted by Gasteiger charge is 2.35. The normalized spacial score (nSPS) is 15.9. The molecule has 2 aromatic heterocycles. The number of alkyl halides is 3. The molecule has 0 bridgehead atoms. The van der Waals surface area contributed by atoms with E-state index >= 15 is 0 Å². The first-order valence-electron chi connectivity index (χ1n) is 10.2. The monoisotopic (exact) mass is 471 g/mol. The van der Waals surface area contributed by atoms with E-state index in [4.69, 9.17) is 5.73 Å². The number of para-hydroxylation sites is 1. The zero-order valence-electron chi connectivity index (χ0n) is 17.4. The van der Waals surface area contributed by atoms with Crippen LogP contribution in [-0.2, 0) is 12.6 Å². The zero-order chi connectivity index (χ0) is 24.0. The number of amides is 1. The predicted molar refractivity (Wildman–Crippen MR) is 117 cm³/mol. The number of nitrogens with one attached hydrogen (secondary N) is 2. The first-order chi connectivity index (χ1) is 16.2. The fraction of sp³-hybridized carbons (Fsp3) is 0.182. The number of anilines is 3. The van der Waals surface area contributed by atoms with Crippen molar-refractivity contribution >= 4 is 34.4 Å². The number of rotatable bonds is 3. The minimum Gasteiger partial charge on any atom is -0.368 e. The third-order valence-electron chi connectivity index (χ3n) is 5.59. The lowest BCUT2D eigenvalue weighted by Gasteiger charge is -2.35. The Morgan fingerprint density at radius 2 is 1.97 bits per heavy atom. The molecule has 8 nitrogen and oxygen atoms in total. The molecule has 2 aromatic carbocycles. The Kier molecular flexibility index (Phi) is 5.07. The van der Waals surface area contributed by atoms with Crippen molar-refractivity contribution in [3.05, 3.63) is 71.2 Å². The van der Waals surface area contributed by atoms with E-state index in [0.29, 0.717) is 41.1 Å². The van der Waals surface area contributed by atoms with E-state index in [1.54, 1.807) is 18.3 Å². The number of nitrogen functional groups attached to an aromatic ring is 1. The van der Waals surface area contributed by atoms with Crippen molar-refractivity contribution in [3.8, 4) is 0 Å². The van der Waals surface area contributed by atoms with Crippen LogP contribution in [0.2, 0.25) is 0 Å². The summed E-state index contributed by atoms with van der Waals surface area (Å²) < 4.78 is 53.0. The van der Waals surface area contributed by atoms with E-state index in [0.717, 1.165) is 11.6 Å². The number of nitrogens with zero attached hydrogens (tertiary/aromatic N) is 4. The summed E-state index contributed by atoms with van der Waals surface area (Å²) in [4.78, 5) is 23.0. The molecule has 1 aliphatic heterocycles. The van der Waals surface area contributed by atoms with E-state index in [1.165, 1.54) is 4.90 Å². The first kappa shape index (κ1) is 21.6. The largest absolute Gasteiger partial charge is 0.419 e. The van der Waals surface area contributed by atoms with Crippen LogP contribution in [0, 0.1) is 5.82 Å². The van der Waals surface area contributed by atoms with Gasteiger partial charge in [-0.3, -0.25) is 9.89 Å². The molecule has 1 atom stereocenters. The van der Waals surface area contributed by atoms with E-state index in [9.17, 15) is 22.4 Å². The van der Waals surface area contributed by atoms with Crippen molar-refractivity contribution in [2.75, 3.05) is 22.5 Å². The maximum absolute atomic E-state index is 14.2. The van der Waals surface area contributed by atoms with Crippen LogP contribution in [0.5, 0.6) is 0 Å². The van der Waals surface area contributed by atoms with Crippen LogP contribution in [0.15, 0.2) is 48.7 Å². The Morgan fingerprint density at radius 3 is 2.74 bits per heavy atom. The Hall–Kier alpha value is -4.22. The van der Waals surface area contributed by atoms with Gasteiger partial charge >= 0.3 is 6.18 Å². The summed E-state index contributed by atoms with van der Waals surface area (Å²) >= 11 is 0. The van der Waals surface area contributed by atoms with Gasteiger partial charge in [-0.2, -0.15) is 28.2 Å². The molecule has 12 heteroatoms. The second-order valence-corrected chi connectivity index (χ2v) is 7.84. The van der Waals surface area contributed by atoms with E-state index in [2.05, 4.69) is 25.5 Å². The molecule has 4 aromatic rings. The fourth-order valence-electron chi connectivity index (χ4n) is 4.07. The van der Waals surface area contributed by atoms with E-state index in [1.807, 2.05) is 12.1 Å². The van der Waals surface area contributed by atoms with Crippen molar-refractivity contribution in [1.29, 1.82) is 0 Å². The average Bonchev–Trinajstić information content (AvgIpc) is 3.26. The summed E-state index contributed by atoms with van der Waals surface area (Å²) in [6.07, 6.45) is -2.78. The highest BCUT2D eigenvalue weighted by Crippen LogP contribution is 2.33. The number of aromatic amines is 1. The van der Waals surface area contributed by atoms with Gasteiger partial charge in [-0.15, -0.1) is 0 Å². The summed E-state index contributed by atoms with van der Waals surface area (Å²) in [6.45, 7) is 0.155. The molecular weight excluding hydrogens is 454 g/mol. The molecule has 0 saturated heterocycles. The number of hydrogen-bond acceptors (Lipinski definition) is 6. The van der Waals surface area contributed by atoms with Gasteiger partial charge < -0.3 is 16.0 Å². The Bertz CT molecular complexity index is 1400. The minimum atomic E-state index is -4.85. The lowest BCUT2D eigenvalue weighted by Crippen LogP contribution is -2.45. The van der Waals surface area contributed by atoms with Gasteiger partial charge in [0.05, 0.1) is 17.1 Å². The number of carbonyl (C=O) groups is 1. The lowest BCUT2D eigenvalue weighted by molar-refractivity contribution is -0.140. The maximum Gasteiger partial charge on any atom is 0.419 e. The molecule has 1 amide bonds. The van der Waals surface area contributed by atoms with Crippen LogP contribution in [0.25, 0.3) is 11.0 Å². The van der Waals surface area contributed by atoms with Gasteiger partial charge in [0.15, 0.2) is 5.65 Å². The predicted octanol–water partition coefficient (Wildman–Crippen LogP) is 3.78. The quantitative estimate of drug-likeness (QED) is 0.392. The van der Waals surface area contributed by atoms with Crippen LogP contribution in [-0.4, -0.2) is 38.7 Å². The topological polar surface area (TPSA) is 113 Å². The molecule has 0 saturated carbocycles. The SMILES string of the molecule is Nc1nc(NC2Cc3ccccc3N(C(=O)c3ccc(C(F)(F)F)c(F)c3)C2)c2cn[nH]c2n1. The molecule has 0 radical (unpaired) electrons. The molecule has 1 aliphatic rings. The number of hydrogen-bond donors (Lipinski definition) is 3. The average molecular weight is 471 g/mol. The zero-order valence-corrected chi connectivity index (χ0v) is 17.4. The number of carbonyl (C=O) groups excluding carboxylic acids is 1. The van der Waals surface area contributed by atoms with E-state index in [-0.39, 0.29) is 24.1 Å². The molecule has 0 spiro atoms. The summed E-state index contributed by atoms with van der Waals surface area (Å²) in [5, 5.41) is 10.5. The smallest absolute Gasteiger partial charge is 0.368 e. The van der Waals surface area contributed by atoms with Crippen molar-refractivity contribution in [3.63, 3.8) is 0 Å². The van der Waals surface area contributed by atoms with Crippen LogP contribution in [0.3, 0.4) is 0 Å². The van der Waals surface area contributed by atoms with Crippen LogP contribution in [0.1, 0.15) is 21.5 Å². The van der Waals surface area contributed by atoms with Gasteiger partial charge in [0.25, 0.3) is 5.91 Å². The fourth-order valence-corrected chi connectivity index (χ4v) is 4.07. The first-order valence-corrected chi connectivity index (χ1v) is 10.2. The highest BCUT2D eigenvalue weighted by atomic mass is 19.4.